The van der Waals surface area contributed by atoms with Crippen molar-refractivity contribution >= 4 is 22.8 Å². The zero-order chi connectivity index (χ0) is 23.0. The van der Waals surface area contributed by atoms with Gasteiger partial charge < -0.3 is 15.4 Å². The summed E-state index contributed by atoms with van der Waals surface area (Å²) in [6.07, 6.45) is 0. The first-order chi connectivity index (χ1) is 16.2. The van der Waals surface area contributed by atoms with Crippen LogP contribution in [0.25, 0.3) is 11.0 Å². The number of nitriles is 1. The van der Waals surface area contributed by atoms with Crippen molar-refractivity contribution < 1.29 is 9.53 Å². The molecule has 0 bridgehead atoms. The Balaban J connectivity index is 1.60. The summed E-state index contributed by atoms with van der Waals surface area (Å²) in [6.45, 7) is 0.756. The predicted molar refractivity (Wildman–Crippen MR) is 127 cm³/mol. The molecule has 1 aromatic heterocycles. The second-order valence-corrected chi connectivity index (χ2v) is 7.42. The van der Waals surface area contributed by atoms with E-state index >= 15 is 0 Å². The van der Waals surface area contributed by atoms with Crippen LogP contribution in [-0.4, -0.2) is 23.0 Å². The van der Waals surface area contributed by atoms with Crippen molar-refractivity contribution in [2.24, 2.45) is 0 Å². The van der Waals surface area contributed by atoms with Crippen molar-refractivity contribution in [1.82, 2.24) is 15.3 Å². The lowest BCUT2D eigenvalue weighted by Crippen LogP contribution is -2.29. The molecular weight excluding hydrogens is 414 g/mol. The van der Waals surface area contributed by atoms with Gasteiger partial charge in [-0.15, -0.1) is 0 Å². The topological polar surface area (TPSA) is 99.9 Å². The zero-order valence-electron chi connectivity index (χ0n) is 18.2. The number of hydrogen-bond acceptors (Lipinski definition) is 6. The van der Waals surface area contributed by atoms with Gasteiger partial charge in [0.05, 0.1) is 24.2 Å². The summed E-state index contributed by atoms with van der Waals surface area (Å²) in [5.41, 5.74) is 3.53. The number of benzene rings is 3. The van der Waals surface area contributed by atoms with Crippen molar-refractivity contribution in [2.75, 3.05) is 12.4 Å². The zero-order valence-corrected chi connectivity index (χ0v) is 18.2. The number of amides is 1. The predicted octanol–water partition coefficient (Wildman–Crippen LogP) is 4.17. The minimum Gasteiger partial charge on any atom is -0.497 e. The first-order valence-corrected chi connectivity index (χ1v) is 10.5. The maximum atomic E-state index is 13.0. The Morgan fingerprint density at radius 1 is 0.939 bits per heavy atom. The fraction of sp³-hybridized carbons (Fsp3) is 0.154. The highest BCUT2D eigenvalue weighted by atomic mass is 16.5. The highest BCUT2D eigenvalue weighted by molar-refractivity contribution is 5.88. The van der Waals surface area contributed by atoms with Gasteiger partial charge in [-0.1, -0.05) is 54.6 Å². The maximum Gasteiger partial charge on any atom is 0.243 e. The molecule has 164 valence electrons. The van der Waals surface area contributed by atoms with Crippen LogP contribution in [0.5, 0.6) is 5.75 Å². The molecule has 1 atom stereocenters. The summed E-state index contributed by atoms with van der Waals surface area (Å²) in [6, 6.07) is 26.7. The third-order valence-corrected chi connectivity index (χ3v) is 5.17. The van der Waals surface area contributed by atoms with E-state index in [1.165, 1.54) is 0 Å². The Kier molecular flexibility index (Phi) is 6.76. The van der Waals surface area contributed by atoms with Gasteiger partial charge in [-0.2, -0.15) is 5.26 Å². The number of nitrogens with one attached hydrogen (secondary N) is 2. The van der Waals surface area contributed by atoms with E-state index in [0.717, 1.165) is 11.1 Å². The van der Waals surface area contributed by atoms with Gasteiger partial charge in [0.25, 0.3) is 0 Å². The molecule has 1 unspecified atom stereocenters. The van der Waals surface area contributed by atoms with Gasteiger partial charge >= 0.3 is 0 Å². The Morgan fingerprint density at radius 3 is 2.36 bits per heavy atom. The van der Waals surface area contributed by atoms with Gasteiger partial charge in [-0.05, 0) is 35.4 Å². The number of hydrogen-bond donors (Lipinski definition) is 2. The number of fused-ring (bicyclic) bond motifs is 1. The summed E-state index contributed by atoms with van der Waals surface area (Å²) in [4.78, 5) is 22.3. The van der Waals surface area contributed by atoms with Crippen molar-refractivity contribution in [3.05, 3.63) is 95.7 Å². The molecule has 0 spiro atoms. The molecule has 0 aliphatic rings. The van der Waals surface area contributed by atoms with Crippen LogP contribution in [0.3, 0.4) is 0 Å². The Morgan fingerprint density at radius 2 is 1.64 bits per heavy atom. The molecule has 4 aromatic rings. The minimum absolute atomic E-state index is 0.266. The lowest BCUT2D eigenvalue weighted by atomic mass is 10.0. The Bertz CT molecular complexity index is 1300. The molecule has 0 fully saturated rings. The van der Waals surface area contributed by atoms with Gasteiger partial charge in [-0.3, -0.25) is 4.79 Å². The number of nitrogens with zero attached hydrogens (tertiary/aromatic N) is 3. The van der Waals surface area contributed by atoms with Crippen LogP contribution in [0.4, 0.5) is 5.82 Å². The monoisotopic (exact) mass is 437 g/mol. The number of carbonyl (C=O) groups excluding carboxylic acids is 1. The van der Waals surface area contributed by atoms with E-state index in [9.17, 15) is 10.1 Å². The van der Waals surface area contributed by atoms with Gasteiger partial charge in [0.15, 0.2) is 11.7 Å². The molecule has 2 N–H and O–H groups in total. The van der Waals surface area contributed by atoms with Crippen LogP contribution in [-0.2, 0) is 17.9 Å². The van der Waals surface area contributed by atoms with Gasteiger partial charge in [0.1, 0.15) is 11.4 Å². The van der Waals surface area contributed by atoms with Crippen LogP contribution in [0.1, 0.15) is 22.7 Å². The third-order valence-electron chi connectivity index (χ3n) is 5.17. The van der Waals surface area contributed by atoms with Crippen LogP contribution in [0, 0.1) is 11.3 Å². The normalized spacial score (nSPS) is 11.4. The maximum absolute atomic E-state index is 13.0. The highest BCUT2D eigenvalue weighted by Gasteiger charge is 2.26. The molecule has 3 aromatic carbocycles. The van der Waals surface area contributed by atoms with Crippen LogP contribution < -0.4 is 15.4 Å². The number of carbonyl (C=O) groups is 1. The fourth-order valence-electron chi connectivity index (χ4n) is 3.44. The SMILES string of the molecule is COc1cccc(CNC(=O)C(C#N)c2nc3ccccc3nc2NCc2ccccc2)c1. The number of anilines is 1. The number of aromatic nitrogens is 2. The molecule has 7 heteroatoms. The fourth-order valence-corrected chi connectivity index (χ4v) is 3.44. The molecule has 0 saturated carbocycles. The molecule has 0 aliphatic carbocycles. The highest BCUT2D eigenvalue weighted by Crippen LogP contribution is 2.25. The molecular formula is C26H23N5O2. The standard InChI is InChI=1S/C26H23N5O2/c1-33-20-11-7-10-19(14-20)17-29-26(32)21(15-27)24-25(28-16-18-8-3-2-4-9-18)31-23-13-6-5-12-22(23)30-24/h2-14,21H,16-17H2,1H3,(H,28,31)(H,29,32). The van der Waals surface area contributed by atoms with Gasteiger partial charge in [0, 0.05) is 13.1 Å². The summed E-state index contributed by atoms with van der Waals surface area (Å²) in [7, 11) is 1.59. The summed E-state index contributed by atoms with van der Waals surface area (Å²) >= 11 is 0. The van der Waals surface area contributed by atoms with E-state index in [4.69, 9.17) is 4.74 Å². The van der Waals surface area contributed by atoms with E-state index in [2.05, 4.69) is 26.7 Å². The average Bonchev–Trinajstić information content (AvgIpc) is 2.87. The molecule has 33 heavy (non-hydrogen) atoms. The molecule has 7 nitrogen and oxygen atoms in total. The Labute approximate surface area is 192 Å². The van der Waals surface area contributed by atoms with E-state index < -0.39 is 11.8 Å². The number of rotatable bonds is 8. The quantitative estimate of drug-likeness (QED) is 0.429. The van der Waals surface area contributed by atoms with Crippen molar-refractivity contribution in [3.8, 4) is 11.8 Å². The minimum atomic E-state index is -1.12. The second-order valence-electron chi connectivity index (χ2n) is 7.42. The summed E-state index contributed by atoms with van der Waals surface area (Å²) in [5.74, 6) is -0.439. The lowest BCUT2D eigenvalue weighted by molar-refractivity contribution is -0.121. The van der Waals surface area contributed by atoms with E-state index in [1.807, 2.05) is 78.9 Å². The van der Waals surface area contributed by atoms with Crippen LogP contribution in [0.15, 0.2) is 78.9 Å². The first kappa shape index (κ1) is 21.8. The van der Waals surface area contributed by atoms with Crippen molar-refractivity contribution in [2.45, 2.75) is 19.0 Å². The van der Waals surface area contributed by atoms with E-state index in [-0.39, 0.29) is 6.54 Å². The van der Waals surface area contributed by atoms with Crippen molar-refractivity contribution in [3.63, 3.8) is 0 Å². The number of ether oxygens (including phenoxy) is 1. The smallest absolute Gasteiger partial charge is 0.243 e. The second kappa shape index (κ2) is 10.2. The molecule has 0 aliphatic heterocycles. The summed E-state index contributed by atoms with van der Waals surface area (Å²) < 4.78 is 5.23. The largest absolute Gasteiger partial charge is 0.497 e. The lowest BCUT2D eigenvalue weighted by Gasteiger charge is -2.16. The van der Waals surface area contributed by atoms with Gasteiger partial charge in [-0.25, -0.2) is 9.97 Å². The third kappa shape index (κ3) is 5.25. The first-order valence-electron chi connectivity index (χ1n) is 10.5. The molecule has 0 saturated heterocycles. The Hall–Kier alpha value is -4.44. The van der Waals surface area contributed by atoms with Gasteiger partial charge in [0.2, 0.25) is 5.91 Å². The summed E-state index contributed by atoms with van der Waals surface area (Å²) in [5, 5.41) is 16.0. The van der Waals surface area contributed by atoms with Crippen LogP contribution >= 0.6 is 0 Å². The number of methoxy groups -OCH3 is 1. The molecule has 1 amide bonds. The number of para-hydroxylation sites is 2. The molecule has 4 rings (SSSR count). The van der Waals surface area contributed by atoms with E-state index in [1.54, 1.807) is 7.11 Å². The average molecular weight is 438 g/mol. The van der Waals surface area contributed by atoms with Crippen molar-refractivity contribution in [1.29, 1.82) is 5.26 Å². The molecule has 0 radical (unpaired) electrons. The van der Waals surface area contributed by atoms with E-state index in [0.29, 0.717) is 34.8 Å². The van der Waals surface area contributed by atoms with Crippen LogP contribution in [0.2, 0.25) is 0 Å². The molecule has 1 heterocycles.